The minimum absolute atomic E-state index is 0.200. The summed E-state index contributed by atoms with van der Waals surface area (Å²) in [6.45, 7) is 11.4. The maximum atomic E-state index is 4.26. The molecule has 0 saturated carbocycles. The average Bonchev–Trinajstić information content (AvgIpc) is 2.18. The zero-order valence-electron chi connectivity index (χ0n) is 10.8. The Hall–Kier alpha value is -0.930. The Balaban J connectivity index is 2.19. The van der Waals surface area contributed by atoms with Crippen LogP contribution in [-0.4, -0.2) is 23.6 Å². The van der Waals surface area contributed by atoms with E-state index in [1.54, 1.807) is 0 Å². The second-order valence-electron chi connectivity index (χ2n) is 5.10. The van der Waals surface area contributed by atoms with Crippen molar-refractivity contribution in [3.63, 3.8) is 0 Å². The zero-order chi connectivity index (χ0) is 12.0. The average molecular weight is 221 g/mol. The summed E-state index contributed by atoms with van der Waals surface area (Å²) in [6, 6.07) is 4.10. The van der Waals surface area contributed by atoms with Crippen LogP contribution in [0.4, 0.5) is 0 Å². The van der Waals surface area contributed by atoms with Gasteiger partial charge in [-0.25, -0.2) is 0 Å². The van der Waals surface area contributed by atoms with E-state index in [1.165, 1.54) is 5.56 Å². The second-order valence-corrected chi connectivity index (χ2v) is 5.10. The molecule has 16 heavy (non-hydrogen) atoms. The Labute approximate surface area is 98.7 Å². The van der Waals surface area contributed by atoms with Crippen molar-refractivity contribution in [1.29, 1.82) is 0 Å². The van der Waals surface area contributed by atoms with Gasteiger partial charge in [-0.05, 0) is 39.3 Å². The third-order valence-electron chi connectivity index (χ3n) is 2.39. The van der Waals surface area contributed by atoms with Crippen molar-refractivity contribution in [2.45, 2.75) is 39.8 Å². The van der Waals surface area contributed by atoms with E-state index in [4.69, 9.17) is 0 Å². The number of nitrogens with zero attached hydrogens (tertiary/aromatic N) is 1. The van der Waals surface area contributed by atoms with Gasteiger partial charge >= 0.3 is 0 Å². The standard InChI is InChI=1S/C13H23N3/c1-11-12(6-5-7-15-11)10-14-8-9-16-13(2,3)4/h5-7,14,16H,8-10H2,1-4H3. The molecule has 1 aromatic rings. The summed E-state index contributed by atoms with van der Waals surface area (Å²) in [4.78, 5) is 4.26. The number of nitrogens with one attached hydrogen (secondary N) is 2. The molecule has 90 valence electrons. The van der Waals surface area contributed by atoms with Gasteiger partial charge in [0.1, 0.15) is 0 Å². The molecule has 0 radical (unpaired) electrons. The third-order valence-corrected chi connectivity index (χ3v) is 2.39. The van der Waals surface area contributed by atoms with Crippen molar-refractivity contribution >= 4 is 0 Å². The molecule has 1 aromatic heterocycles. The topological polar surface area (TPSA) is 37.0 Å². The zero-order valence-corrected chi connectivity index (χ0v) is 10.8. The normalized spacial score (nSPS) is 11.8. The molecule has 0 aliphatic rings. The largest absolute Gasteiger partial charge is 0.311 e. The molecule has 3 nitrogen and oxygen atoms in total. The lowest BCUT2D eigenvalue weighted by atomic mass is 10.1. The van der Waals surface area contributed by atoms with Gasteiger partial charge in [0.2, 0.25) is 0 Å². The third kappa shape index (κ3) is 5.24. The van der Waals surface area contributed by atoms with E-state index in [-0.39, 0.29) is 5.54 Å². The highest BCUT2D eigenvalue weighted by Crippen LogP contribution is 2.02. The van der Waals surface area contributed by atoms with Gasteiger partial charge in [-0.2, -0.15) is 0 Å². The predicted octanol–water partition coefficient (Wildman–Crippen LogP) is 1.87. The Morgan fingerprint density at radius 3 is 2.62 bits per heavy atom. The van der Waals surface area contributed by atoms with Crippen molar-refractivity contribution < 1.29 is 0 Å². The molecule has 0 aliphatic heterocycles. The first-order chi connectivity index (χ1) is 7.49. The van der Waals surface area contributed by atoms with Crippen LogP contribution in [0.2, 0.25) is 0 Å². The van der Waals surface area contributed by atoms with Crippen LogP contribution >= 0.6 is 0 Å². The molecular weight excluding hydrogens is 198 g/mol. The molecule has 1 heterocycles. The minimum atomic E-state index is 0.200. The number of hydrogen-bond donors (Lipinski definition) is 2. The lowest BCUT2D eigenvalue weighted by Gasteiger charge is -2.20. The second kappa shape index (κ2) is 5.97. The number of aromatic nitrogens is 1. The van der Waals surface area contributed by atoms with Crippen molar-refractivity contribution in [3.8, 4) is 0 Å². The van der Waals surface area contributed by atoms with Crippen molar-refractivity contribution in [3.05, 3.63) is 29.6 Å². The highest BCUT2D eigenvalue weighted by Gasteiger charge is 2.06. The first-order valence-corrected chi connectivity index (χ1v) is 5.85. The van der Waals surface area contributed by atoms with Gasteiger partial charge in [0.15, 0.2) is 0 Å². The molecule has 0 spiro atoms. The summed E-state index contributed by atoms with van der Waals surface area (Å²) in [7, 11) is 0. The Bertz CT molecular complexity index is 315. The van der Waals surface area contributed by atoms with Crippen LogP contribution in [0.1, 0.15) is 32.0 Å². The summed E-state index contributed by atoms with van der Waals surface area (Å²) < 4.78 is 0. The monoisotopic (exact) mass is 221 g/mol. The van der Waals surface area contributed by atoms with Crippen molar-refractivity contribution in [2.24, 2.45) is 0 Å². The number of rotatable bonds is 5. The first kappa shape index (κ1) is 13.1. The number of hydrogen-bond acceptors (Lipinski definition) is 3. The Morgan fingerprint density at radius 2 is 2.00 bits per heavy atom. The van der Waals surface area contributed by atoms with Crippen LogP contribution in [0.3, 0.4) is 0 Å². The van der Waals surface area contributed by atoms with E-state index in [0.717, 1.165) is 25.3 Å². The maximum Gasteiger partial charge on any atom is 0.0417 e. The van der Waals surface area contributed by atoms with Gasteiger partial charge in [0.05, 0.1) is 0 Å². The molecule has 0 aliphatic carbocycles. The molecule has 0 saturated heterocycles. The summed E-state index contributed by atoms with van der Waals surface area (Å²) in [5, 5.41) is 6.86. The van der Waals surface area contributed by atoms with E-state index < -0.39 is 0 Å². The molecule has 0 atom stereocenters. The summed E-state index contributed by atoms with van der Waals surface area (Å²) in [5.74, 6) is 0. The van der Waals surface area contributed by atoms with Gasteiger partial charge < -0.3 is 10.6 Å². The van der Waals surface area contributed by atoms with E-state index in [0.29, 0.717) is 0 Å². The lowest BCUT2D eigenvalue weighted by molar-refractivity contribution is 0.421. The van der Waals surface area contributed by atoms with E-state index in [1.807, 2.05) is 19.2 Å². The van der Waals surface area contributed by atoms with Crippen LogP contribution in [0.25, 0.3) is 0 Å². The Kier molecular flexibility index (Phi) is 4.90. The molecule has 0 unspecified atom stereocenters. The Morgan fingerprint density at radius 1 is 1.25 bits per heavy atom. The summed E-state index contributed by atoms with van der Waals surface area (Å²) >= 11 is 0. The number of pyridine rings is 1. The lowest BCUT2D eigenvalue weighted by Crippen LogP contribution is -2.40. The minimum Gasteiger partial charge on any atom is -0.311 e. The van der Waals surface area contributed by atoms with E-state index >= 15 is 0 Å². The van der Waals surface area contributed by atoms with Crippen molar-refractivity contribution in [1.82, 2.24) is 15.6 Å². The SMILES string of the molecule is Cc1ncccc1CNCCNC(C)(C)C. The fourth-order valence-corrected chi connectivity index (χ4v) is 1.45. The van der Waals surface area contributed by atoms with Gasteiger partial charge in [0, 0.05) is 37.1 Å². The fraction of sp³-hybridized carbons (Fsp3) is 0.615. The molecule has 0 fully saturated rings. The highest BCUT2D eigenvalue weighted by molar-refractivity contribution is 5.17. The van der Waals surface area contributed by atoms with Gasteiger partial charge in [-0.3, -0.25) is 4.98 Å². The van der Waals surface area contributed by atoms with Crippen LogP contribution in [-0.2, 0) is 6.54 Å². The molecule has 0 bridgehead atoms. The molecule has 0 aromatic carbocycles. The number of aryl methyl sites for hydroxylation is 1. The molecule has 0 amide bonds. The van der Waals surface area contributed by atoms with Gasteiger partial charge in [-0.1, -0.05) is 6.07 Å². The highest BCUT2D eigenvalue weighted by atomic mass is 15.0. The van der Waals surface area contributed by atoms with Crippen LogP contribution in [0.15, 0.2) is 18.3 Å². The fourth-order valence-electron chi connectivity index (χ4n) is 1.45. The van der Waals surface area contributed by atoms with Crippen LogP contribution < -0.4 is 10.6 Å². The van der Waals surface area contributed by atoms with E-state index in [2.05, 4.69) is 42.5 Å². The van der Waals surface area contributed by atoms with Crippen LogP contribution in [0.5, 0.6) is 0 Å². The quantitative estimate of drug-likeness (QED) is 0.745. The van der Waals surface area contributed by atoms with Gasteiger partial charge in [-0.15, -0.1) is 0 Å². The van der Waals surface area contributed by atoms with Gasteiger partial charge in [0.25, 0.3) is 0 Å². The smallest absolute Gasteiger partial charge is 0.0417 e. The van der Waals surface area contributed by atoms with Crippen LogP contribution in [0, 0.1) is 6.92 Å². The summed E-state index contributed by atoms with van der Waals surface area (Å²) in [5.41, 5.74) is 2.59. The van der Waals surface area contributed by atoms with Crippen molar-refractivity contribution in [2.75, 3.05) is 13.1 Å². The summed E-state index contributed by atoms with van der Waals surface area (Å²) in [6.07, 6.45) is 1.83. The molecule has 1 rings (SSSR count). The first-order valence-electron chi connectivity index (χ1n) is 5.85. The predicted molar refractivity (Wildman–Crippen MR) is 68.4 cm³/mol. The maximum absolute atomic E-state index is 4.26. The van der Waals surface area contributed by atoms with E-state index in [9.17, 15) is 0 Å². The molecular formula is C13H23N3. The molecule has 3 heteroatoms. The molecule has 2 N–H and O–H groups in total.